The summed E-state index contributed by atoms with van der Waals surface area (Å²) in [6, 6.07) is 1.98. The average Bonchev–Trinajstić information content (AvgIpc) is 2.46. The van der Waals surface area contributed by atoms with Crippen LogP contribution in [-0.4, -0.2) is 41.3 Å². The zero-order chi connectivity index (χ0) is 16.5. The minimum atomic E-state index is -4.30. The third kappa shape index (κ3) is 3.06. The highest BCUT2D eigenvalue weighted by Gasteiger charge is 2.40. The molecular weight excluding hydrogens is 336 g/mol. The highest BCUT2D eigenvalue weighted by molar-refractivity contribution is 7.89. The summed E-state index contributed by atoms with van der Waals surface area (Å²) in [5.74, 6) is -1.26. The fourth-order valence-corrected chi connectivity index (χ4v) is 4.37. The van der Waals surface area contributed by atoms with Gasteiger partial charge in [0.25, 0.3) is 15.7 Å². The fourth-order valence-electron chi connectivity index (χ4n) is 2.42. The van der Waals surface area contributed by atoms with Gasteiger partial charge in [-0.1, -0.05) is 11.6 Å². The zero-order valence-electron chi connectivity index (χ0n) is 11.3. The van der Waals surface area contributed by atoms with Crippen LogP contribution >= 0.6 is 11.6 Å². The summed E-state index contributed by atoms with van der Waals surface area (Å²) in [4.78, 5) is 20.9. The van der Waals surface area contributed by atoms with E-state index in [4.69, 9.17) is 11.6 Å². The number of nitro groups is 1. The van der Waals surface area contributed by atoms with Gasteiger partial charge in [0.15, 0.2) is 4.90 Å². The van der Waals surface area contributed by atoms with E-state index in [1.54, 1.807) is 0 Å². The Kier molecular flexibility index (Phi) is 4.69. The number of nitrogens with zero attached hydrogens (tertiary/aromatic N) is 2. The van der Waals surface area contributed by atoms with Crippen LogP contribution in [0.1, 0.15) is 19.3 Å². The van der Waals surface area contributed by atoms with E-state index >= 15 is 0 Å². The molecule has 1 heterocycles. The second-order valence-corrected chi connectivity index (χ2v) is 7.13. The lowest BCUT2D eigenvalue weighted by atomic mass is 10.1. The topological polar surface area (TPSA) is 118 Å². The number of carboxylic acids is 1. The van der Waals surface area contributed by atoms with Crippen molar-refractivity contribution in [3.05, 3.63) is 33.3 Å². The molecule has 0 saturated carbocycles. The monoisotopic (exact) mass is 348 g/mol. The molecule has 1 fully saturated rings. The number of carbonyl (C=O) groups is 1. The first-order valence-corrected chi connectivity index (χ1v) is 8.25. The second kappa shape index (κ2) is 6.19. The van der Waals surface area contributed by atoms with Crippen LogP contribution in [0.5, 0.6) is 0 Å². The van der Waals surface area contributed by atoms with Gasteiger partial charge in [0.05, 0.1) is 4.92 Å². The van der Waals surface area contributed by atoms with Crippen LogP contribution < -0.4 is 0 Å². The molecule has 0 aliphatic carbocycles. The normalized spacial score (nSPS) is 19.8. The number of hydrogen-bond acceptors (Lipinski definition) is 5. The summed E-state index contributed by atoms with van der Waals surface area (Å²) < 4.78 is 26.1. The molecule has 8 nitrogen and oxygen atoms in total. The van der Waals surface area contributed by atoms with Crippen molar-refractivity contribution >= 4 is 33.3 Å². The molecule has 1 aliphatic heterocycles. The van der Waals surface area contributed by atoms with Crippen LogP contribution in [0.15, 0.2) is 23.1 Å². The average molecular weight is 349 g/mol. The van der Waals surface area contributed by atoms with E-state index in [0.717, 1.165) is 16.4 Å². The lowest BCUT2D eigenvalue weighted by Gasteiger charge is -2.31. The van der Waals surface area contributed by atoms with E-state index in [1.807, 2.05) is 0 Å². The van der Waals surface area contributed by atoms with Crippen molar-refractivity contribution in [1.82, 2.24) is 4.31 Å². The Morgan fingerprint density at radius 3 is 2.68 bits per heavy atom. The smallest absolute Gasteiger partial charge is 0.322 e. The highest BCUT2D eigenvalue weighted by atomic mass is 35.5. The molecule has 0 aromatic heterocycles. The van der Waals surface area contributed by atoms with Gasteiger partial charge in [-0.2, -0.15) is 4.31 Å². The van der Waals surface area contributed by atoms with Crippen molar-refractivity contribution in [3.63, 3.8) is 0 Å². The largest absolute Gasteiger partial charge is 0.480 e. The molecule has 10 heteroatoms. The summed E-state index contributed by atoms with van der Waals surface area (Å²) in [7, 11) is -4.30. The summed E-state index contributed by atoms with van der Waals surface area (Å²) in [5, 5.41) is 20.3. The summed E-state index contributed by atoms with van der Waals surface area (Å²) in [6.07, 6.45) is 1.27. The van der Waals surface area contributed by atoms with E-state index in [-0.39, 0.29) is 18.0 Å². The molecule has 1 aromatic rings. The lowest BCUT2D eigenvalue weighted by Crippen LogP contribution is -2.47. The highest BCUT2D eigenvalue weighted by Crippen LogP contribution is 2.32. The summed E-state index contributed by atoms with van der Waals surface area (Å²) in [6.45, 7) is 0.0130. The van der Waals surface area contributed by atoms with Gasteiger partial charge in [0.1, 0.15) is 6.04 Å². The van der Waals surface area contributed by atoms with Crippen molar-refractivity contribution in [3.8, 4) is 0 Å². The Balaban J connectivity index is 2.54. The summed E-state index contributed by atoms with van der Waals surface area (Å²) in [5.41, 5.74) is -0.665. The minimum Gasteiger partial charge on any atom is -0.480 e. The molecule has 2 rings (SSSR count). The molecule has 1 unspecified atom stereocenters. The van der Waals surface area contributed by atoms with E-state index in [1.165, 1.54) is 6.07 Å². The van der Waals surface area contributed by atoms with Gasteiger partial charge >= 0.3 is 5.97 Å². The van der Waals surface area contributed by atoms with Crippen LogP contribution in [0.2, 0.25) is 5.02 Å². The van der Waals surface area contributed by atoms with Gasteiger partial charge in [-0.15, -0.1) is 0 Å². The maximum absolute atomic E-state index is 12.7. The van der Waals surface area contributed by atoms with Crippen molar-refractivity contribution in [2.75, 3.05) is 6.54 Å². The van der Waals surface area contributed by atoms with E-state index in [0.29, 0.717) is 12.8 Å². The molecule has 0 radical (unpaired) electrons. The van der Waals surface area contributed by atoms with E-state index < -0.39 is 37.5 Å². The number of benzene rings is 1. The Labute approximate surface area is 131 Å². The van der Waals surface area contributed by atoms with Crippen LogP contribution in [0.3, 0.4) is 0 Å². The molecule has 1 N–H and O–H groups in total. The van der Waals surface area contributed by atoms with Crippen LogP contribution in [0, 0.1) is 10.1 Å². The van der Waals surface area contributed by atoms with Gasteiger partial charge in [-0.25, -0.2) is 8.42 Å². The molecule has 22 heavy (non-hydrogen) atoms. The van der Waals surface area contributed by atoms with Gasteiger partial charge in [-0.05, 0) is 31.4 Å². The SMILES string of the molecule is O=C(O)C1CCCCN1S(=O)(=O)c1ccc(Cl)cc1[N+](=O)[O-]. The maximum atomic E-state index is 12.7. The zero-order valence-corrected chi connectivity index (χ0v) is 12.9. The number of hydrogen-bond donors (Lipinski definition) is 1. The number of rotatable bonds is 4. The van der Waals surface area contributed by atoms with Crippen LogP contribution in [0.25, 0.3) is 0 Å². The van der Waals surface area contributed by atoms with Crippen LogP contribution in [-0.2, 0) is 14.8 Å². The number of sulfonamides is 1. The number of carboxylic acid groups (broad SMARTS) is 1. The third-order valence-corrected chi connectivity index (χ3v) is 5.63. The van der Waals surface area contributed by atoms with E-state index in [9.17, 15) is 28.4 Å². The molecule has 1 atom stereocenters. The van der Waals surface area contributed by atoms with Gasteiger partial charge in [0.2, 0.25) is 0 Å². The molecule has 0 bridgehead atoms. The minimum absolute atomic E-state index is 0.0130. The Bertz CT molecular complexity index is 720. The molecular formula is C12H13ClN2O6S. The molecule has 0 spiro atoms. The molecule has 1 aliphatic rings. The standard InChI is InChI=1S/C12H13ClN2O6S/c13-8-4-5-11(10(7-8)15(18)19)22(20,21)14-6-2-1-3-9(14)12(16)17/h4-5,7,9H,1-3,6H2,(H,16,17). The number of piperidine rings is 1. The van der Waals surface area contributed by atoms with Gasteiger partial charge in [0, 0.05) is 17.6 Å². The predicted octanol–water partition coefficient (Wildman–Crippen LogP) is 1.88. The Hall–Kier alpha value is -1.71. The first-order valence-electron chi connectivity index (χ1n) is 6.43. The fraction of sp³-hybridized carbons (Fsp3) is 0.417. The van der Waals surface area contributed by atoms with E-state index in [2.05, 4.69) is 0 Å². The van der Waals surface area contributed by atoms with Crippen molar-refractivity contribution in [2.45, 2.75) is 30.2 Å². The maximum Gasteiger partial charge on any atom is 0.322 e. The first-order chi connectivity index (χ1) is 10.2. The van der Waals surface area contributed by atoms with Crippen molar-refractivity contribution < 1.29 is 23.2 Å². The first kappa shape index (κ1) is 16.7. The second-order valence-electron chi connectivity index (χ2n) is 4.83. The van der Waals surface area contributed by atoms with Crippen molar-refractivity contribution in [1.29, 1.82) is 0 Å². The molecule has 1 aromatic carbocycles. The predicted molar refractivity (Wildman–Crippen MR) is 77.3 cm³/mol. The number of nitro benzene ring substituents is 1. The van der Waals surface area contributed by atoms with Gasteiger partial charge in [-0.3, -0.25) is 14.9 Å². The molecule has 0 amide bonds. The Morgan fingerprint density at radius 1 is 1.41 bits per heavy atom. The quantitative estimate of drug-likeness (QED) is 0.655. The van der Waals surface area contributed by atoms with Crippen molar-refractivity contribution in [2.24, 2.45) is 0 Å². The summed E-state index contributed by atoms with van der Waals surface area (Å²) >= 11 is 5.67. The Morgan fingerprint density at radius 2 is 2.09 bits per heavy atom. The third-order valence-electron chi connectivity index (χ3n) is 3.44. The number of halogens is 1. The number of aliphatic carboxylic acids is 1. The van der Waals surface area contributed by atoms with Gasteiger partial charge < -0.3 is 5.11 Å². The molecule has 1 saturated heterocycles. The lowest BCUT2D eigenvalue weighted by molar-refractivity contribution is -0.387. The van der Waals surface area contributed by atoms with Crippen LogP contribution in [0.4, 0.5) is 5.69 Å². The molecule has 120 valence electrons.